The Balaban J connectivity index is 2.24. The van der Waals surface area contributed by atoms with Crippen molar-refractivity contribution >= 4 is 12.4 Å². The van der Waals surface area contributed by atoms with Crippen molar-refractivity contribution in [2.45, 2.75) is 38.3 Å². The van der Waals surface area contributed by atoms with Crippen LogP contribution in [0.3, 0.4) is 0 Å². The molecule has 1 aliphatic rings. The van der Waals surface area contributed by atoms with Crippen LogP contribution in [0, 0.1) is 0 Å². The molecule has 1 saturated carbocycles. The quantitative estimate of drug-likeness (QED) is 0.740. The van der Waals surface area contributed by atoms with Gasteiger partial charge in [0, 0.05) is 6.04 Å². The summed E-state index contributed by atoms with van der Waals surface area (Å²) in [7, 11) is 0. The molecular formula is C15H19NO4. The van der Waals surface area contributed by atoms with Crippen LogP contribution >= 0.6 is 0 Å². The second kappa shape index (κ2) is 6.41. The van der Waals surface area contributed by atoms with Gasteiger partial charge in [-0.15, -0.1) is 0 Å². The van der Waals surface area contributed by atoms with Gasteiger partial charge in [0.1, 0.15) is 5.75 Å². The summed E-state index contributed by atoms with van der Waals surface area (Å²) < 4.78 is 5.52. The summed E-state index contributed by atoms with van der Waals surface area (Å²) in [5, 5.41) is 9.43. The van der Waals surface area contributed by atoms with E-state index in [4.69, 9.17) is 4.74 Å². The maximum Gasteiger partial charge on any atom is 0.331 e. The van der Waals surface area contributed by atoms with Crippen LogP contribution in [0.25, 0.3) is 0 Å². The molecule has 5 nitrogen and oxygen atoms in total. The number of nitrogens with zero attached hydrogens (tertiary/aromatic N) is 1. The first kappa shape index (κ1) is 14.4. The van der Waals surface area contributed by atoms with Crippen LogP contribution in [0.5, 0.6) is 5.75 Å². The van der Waals surface area contributed by atoms with E-state index in [1.165, 1.54) is 4.90 Å². The number of hydrogen-bond acceptors (Lipinski definition) is 3. The molecule has 1 atom stereocenters. The number of carboxylic acids is 1. The van der Waals surface area contributed by atoms with E-state index in [-0.39, 0.29) is 6.04 Å². The fourth-order valence-corrected chi connectivity index (χ4v) is 2.17. The molecule has 0 aliphatic heterocycles. The maximum atomic E-state index is 11.5. The Morgan fingerprint density at radius 2 is 2.30 bits per heavy atom. The number of hydrogen-bond donors (Lipinski definition) is 1. The Morgan fingerprint density at radius 1 is 1.55 bits per heavy atom. The van der Waals surface area contributed by atoms with Gasteiger partial charge in [-0.05, 0) is 37.0 Å². The van der Waals surface area contributed by atoms with E-state index >= 15 is 0 Å². The van der Waals surface area contributed by atoms with Crippen LogP contribution in [-0.2, 0) is 9.59 Å². The normalized spacial score (nSPS) is 15.4. The lowest BCUT2D eigenvalue weighted by Gasteiger charge is -2.25. The summed E-state index contributed by atoms with van der Waals surface area (Å²) >= 11 is 0. The first-order valence-corrected chi connectivity index (χ1v) is 6.85. The van der Waals surface area contributed by atoms with Crippen LogP contribution in [-0.4, -0.2) is 35.0 Å². The highest BCUT2D eigenvalue weighted by molar-refractivity contribution is 5.78. The van der Waals surface area contributed by atoms with E-state index in [2.05, 4.69) is 0 Å². The van der Waals surface area contributed by atoms with Gasteiger partial charge in [-0.1, -0.05) is 19.1 Å². The van der Waals surface area contributed by atoms with Crippen LogP contribution in [0.1, 0.15) is 37.8 Å². The Kier molecular flexibility index (Phi) is 4.61. The second-order valence-corrected chi connectivity index (χ2v) is 4.95. The van der Waals surface area contributed by atoms with Crippen molar-refractivity contribution in [3.8, 4) is 5.75 Å². The number of amides is 1. The topological polar surface area (TPSA) is 66.8 Å². The summed E-state index contributed by atoms with van der Waals surface area (Å²) in [5.74, 6) is -0.381. The van der Waals surface area contributed by atoms with E-state index in [1.807, 2.05) is 6.92 Å². The minimum atomic E-state index is -1.02. The molecule has 0 aromatic heterocycles. The molecule has 1 amide bonds. The minimum absolute atomic E-state index is 0.0498. The van der Waals surface area contributed by atoms with Gasteiger partial charge >= 0.3 is 5.97 Å². The molecule has 1 aliphatic carbocycles. The molecule has 1 aromatic rings. The van der Waals surface area contributed by atoms with Crippen LogP contribution in [0.4, 0.5) is 0 Å². The smallest absolute Gasteiger partial charge is 0.331 e. The minimum Gasteiger partial charge on any atom is -0.494 e. The van der Waals surface area contributed by atoms with Gasteiger partial charge < -0.3 is 14.7 Å². The van der Waals surface area contributed by atoms with E-state index in [0.29, 0.717) is 24.3 Å². The molecule has 0 bridgehead atoms. The molecule has 5 heteroatoms. The Hall–Kier alpha value is -2.04. The summed E-state index contributed by atoms with van der Waals surface area (Å²) in [5.41, 5.74) is 0.574. The van der Waals surface area contributed by atoms with Crippen molar-refractivity contribution in [3.63, 3.8) is 0 Å². The lowest BCUT2D eigenvalue weighted by atomic mass is 10.1. The van der Waals surface area contributed by atoms with Crippen LogP contribution < -0.4 is 4.74 Å². The maximum absolute atomic E-state index is 11.5. The van der Waals surface area contributed by atoms with Crippen molar-refractivity contribution in [2.24, 2.45) is 0 Å². The second-order valence-electron chi connectivity index (χ2n) is 4.95. The number of carboxylic acid groups (broad SMARTS) is 1. The standard InChI is InChI=1S/C15H19NO4/c1-2-8-20-13-5-3-4-11(9-13)14(15(18)19)16(10-17)12-6-7-12/h3-5,9-10,12,14H,2,6-8H2,1H3,(H,18,19). The zero-order valence-corrected chi connectivity index (χ0v) is 11.5. The van der Waals surface area contributed by atoms with Crippen molar-refractivity contribution < 1.29 is 19.4 Å². The highest BCUT2D eigenvalue weighted by Gasteiger charge is 2.37. The Labute approximate surface area is 118 Å². The molecule has 1 aromatic carbocycles. The number of rotatable bonds is 8. The number of carbonyl (C=O) groups is 2. The average molecular weight is 277 g/mol. The summed E-state index contributed by atoms with van der Waals surface area (Å²) in [4.78, 5) is 24.1. The van der Waals surface area contributed by atoms with Crippen molar-refractivity contribution in [1.82, 2.24) is 4.90 Å². The summed E-state index contributed by atoms with van der Waals surface area (Å²) in [6.07, 6.45) is 3.26. The first-order chi connectivity index (χ1) is 9.67. The summed E-state index contributed by atoms with van der Waals surface area (Å²) in [6, 6.07) is 6.08. The monoisotopic (exact) mass is 277 g/mol. The first-order valence-electron chi connectivity index (χ1n) is 6.85. The molecule has 0 saturated heterocycles. The molecule has 0 radical (unpaired) electrons. The number of aliphatic carboxylic acids is 1. The van der Waals surface area contributed by atoms with Crippen molar-refractivity contribution in [2.75, 3.05) is 6.61 Å². The largest absolute Gasteiger partial charge is 0.494 e. The van der Waals surface area contributed by atoms with E-state index < -0.39 is 12.0 Å². The van der Waals surface area contributed by atoms with Gasteiger partial charge in [0.25, 0.3) is 0 Å². The molecular weight excluding hydrogens is 258 g/mol. The molecule has 0 heterocycles. The molecule has 1 unspecified atom stereocenters. The number of carbonyl (C=O) groups excluding carboxylic acids is 1. The zero-order valence-electron chi connectivity index (χ0n) is 11.5. The summed E-state index contributed by atoms with van der Waals surface area (Å²) in [6.45, 7) is 2.59. The van der Waals surface area contributed by atoms with Crippen molar-refractivity contribution in [1.29, 1.82) is 0 Å². The lowest BCUT2D eigenvalue weighted by Crippen LogP contribution is -2.34. The molecule has 2 rings (SSSR count). The van der Waals surface area contributed by atoms with Gasteiger partial charge in [0.2, 0.25) is 6.41 Å². The zero-order chi connectivity index (χ0) is 14.5. The van der Waals surface area contributed by atoms with E-state index in [0.717, 1.165) is 19.3 Å². The highest BCUT2D eigenvalue weighted by atomic mass is 16.5. The van der Waals surface area contributed by atoms with Gasteiger partial charge in [-0.3, -0.25) is 4.79 Å². The van der Waals surface area contributed by atoms with Crippen LogP contribution in [0.2, 0.25) is 0 Å². The third kappa shape index (κ3) is 3.29. The lowest BCUT2D eigenvalue weighted by molar-refractivity contribution is -0.147. The van der Waals surface area contributed by atoms with E-state index in [9.17, 15) is 14.7 Å². The van der Waals surface area contributed by atoms with Crippen molar-refractivity contribution in [3.05, 3.63) is 29.8 Å². The fourth-order valence-electron chi connectivity index (χ4n) is 2.17. The number of benzene rings is 1. The molecule has 1 N–H and O–H groups in total. The molecule has 1 fully saturated rings. The highest BCUT2D eigenvalue weighted by Crippen LogP contribution is 2.34. The third-order valence-electron chi connectivity index (χ3n) is 3.27. The average Bonchev–Trinajstić information content (AvgIpc) is 3.26. The Bertz CT molecular complexity index is 485. The fraction of sp³-hybridized carbons (Fsp3) is 0.467. The van der Waals surface area contributed by atoms with Crippen LogP contribution in [0.15, 0.2) is 24.3 Å². The molecule has 0 spiro atoms. The molecule has 108 valence electrons. The van der Waals surface area contributed by atoms with E-state index in [1.54, 1.807) is 24.3 Å². The number of ether oxygens (including phenoxy) is 1. The van der Waals surface area contributed by atoms with Gasteiger partial charge in [-0.25, -0.2) is 4.79 Å². The van der Waals surface area contributed by atoms with Gasteiger partial charge in [0.05, 0.1) is 6.61 Å². The predicted octanol–water partition coefficient (Wildman–Crippen LogP) is 2.22. The van der Waals surface area contributed by atoms with Gasteiger partial charge in [-0.2, -0.15) is 0 Å². The Morgan fingerprint density at radius 3 is 2.85 bits per heavy atom. The SMILES string of the molecule is CCCOc1cccc(C(C(=O)O)N(C=O)C2CC2)c1. The van der Waals surface area contributed by atoms with Gasteiger partial charge in [0.15, 0.2) is 6.04 Å². The predicted molar refractivity (Wildman–Crippen MR) is 73.5 cm³/mol. The third-order valence-corrected chi connectivity index (χ3v) is 3.27. The molecule has 20 heavy (non-hydrogen) atoms.